The van der Waals surface area contributed by atoms with Crippen molar-refractivity contribution in [2.45, 2.75) is 29.4 Å². The molecule has 0 unspecified atom stereocenters. The maximum Gasteiger partial charge on any atom is 0.339 e. The molecule has 0 aliphatic carbocycles. The topological polar surface area (TPSA) is 237 Å². The van der Waals surface area contributed by atoms with Gasteiger partial charge in [-0.15, -0.1) is 0 Å². The molecule has 326 valence electrons. The Balaban J connectivity index is 0.907. The Morgan fingerprint density at radius 3 is 0.891 bits per heavy atom. The van der Waals surface area contributed by atoms with Gasteiger partial charge in [-0.3, -0.25) is 0 Å². The first kappa shape index (κ1) is 44.5. The van der Waals surface area contributed by atoms with Crippen LogP contribution in [0.2, 0.25) is 0 Å². The summed E-state index contributed by atoms with van der Waals surface area (Å²) in [7, 11) is -16.6. The Morgan fingerprint density at radius 1 is 0.312 bits per heavy atom. The molecule has 0 saturated heterocycles. The minimum absolute atomic E-state index is 0.0442. The van der Waals surface area contributed by atoms with Crippen LogP contribution < -0.4 is 29.6 Å². The average molecular weight is 939 g/mol. The SMILES string of the molecule is O=C(Nc1ccc(OS(=O)(=O)c2cccc(S(=O)(=O)Oc3ccc(NC(=O)Nc4ccc(S(=O)(=O)c5ccccc5)cc4)cc3)c2)cc1)Nc1ccc(S(=O)(=O)c2ccccc2)cc1. The lowest BCUT2D eigenvalue weighted by atomic mass is 10.3. The number of anilines is 4. The van der Waals surface area contributed by atoms with E-state index in [0.717, 1.165) is 18.2 Å². The van der Waals surface area contributed by atoms with Gasteiger partial charge in [0.05, 0.1) is 19.6 Å². The molecule has 0 aliphatic heterocycles. The Kier molecular flexibility index (Phi) is 12.8. The van der Waals surface area contributed by atoms with Crippen molar-refractivity contribution in [1.29, 1.82) is 0 Å². The predicted octanol–water partition coefficient (Wildman–Crippen LogP) is 8.18. The van der Waals surface area contributed by atoms with Gasteiger partial charge >= 0.3 is 32.3 Å². The summed E-state index contributed by atoms with van der Waals surface area (Å²) in [5, 5.41) is 10.3. The molecule has 0 aliphatic rings. The normalized spacial score (nSPS) is 11.8. The summed E-state index contributed by atoms with van der Waals surface area (Å²) in [6.45, 7) is 0. The standard InChI is InChI=1S/C44H34N4O12S4/c49-43(47-33-18-26-39(27-19-33)61(51,52)37-8-3-1-4-9-37)45-31-14-22-35(23-15-31)59-63(55,56)41-12-7-13-42(30-41)64(57,58)60-36-24-16-32(17-25-36)46-44(50)48-34-20-28-40(29-21-34)62(53,54)38-10-5-2-6-11-38/h1-30H,(H2,45,47,49)(H2,46,48,50). The van der Waals surface area contributed by atoms with Crippen molar-refractivity contribution < 1.29 is 51.6 Å². The number of sulfone groups is 2. The Morgan fingerprint density at radius 2 is 0.578 bits per heavy atom. The minimum atomic E-state index is -4.57. The van der Waals surface area contributed by atoms with Gasteiger partial charge in [0.1, 0.15) is 21.3 Å². The van der Waals surface area contributed by atoms with Gasteiger partial charge in [-0.2, -0.15) is 16.8 Å². The fraction of sp³-hybridized carbons (Fsp3) is 0. The van der Waals surface area contributed by atoms with Crippen LogP contribution in [0.3, 0.4) is 0 Å². The summed E-state index contributed by atoms with van der Waals surface area (Å²) in [6.07, 6.45) is 0. The van der Waals surface area contributed by atoms with E-state index >= 15 is 0 Å². The van der Waals surface area contributed by atoms with Gasteiger partial charge < -0.3 is 29.6 Å². The van der Waals surface area contributed by atoms with Crippen LogP contribution in [-0.2, 0) is 39.9 Å². The molecule has 4 N–H and O–H groups in total. The molecule has 0 bridgehead atoms. The van der Waals surface area contributed by atoms with E-state index in [9.17, 15) is 43.3 Å². The zero-order valence-corrected chi connectivity index (χ0v) is 36.1. The molecule has 0 radical (unpaired) electrons. The lowest BCUT2D eigenvalue weighted by molar-refractivity contribution is 0.261. The smallest absolute Gasteiger partial charge is 0.339 e. The van der Waals surface area contributed by atoms with Gasteiger partial charge in [0, 0.05) is 22.7 Å². The lowest BCUT2D eigenvalue weighted by Gasteiger charge is -2.12. The molecular formula is C44H34N4O12S4. The molecule has 0 heterocycles. The van der Waals surface area contributed by atoms with E-state index in [4.69, 9.17) is 8.37 Å². The largest absolute Gasteiger partial charge is 0.379 e. The third-order valence-corrected chi connectivity index (χ3v) is 15.0. The second-order valence-electron chi connectivity index (χ2n) is 13.4. The highest BCUT2D eigenvalue weighted by Crippen LogP contribution is 2.27. The zero-order chi connectivity index (χ0) is 45.5. The fourth-order valence-electron chi connectivity index (χ4n) is 5.82. The van der Waals surface area contributed by atoms with Crippen molar-refractivity contribution in [2.24, 2.45) is 0 Å². The Hall–Kier alpha value is -7.52. The summed E-state index contributed by atoms with van der Waals surface area (Å²) in [5.41, 5.74) is 1.12. The van der Waals surface area contributed by atoms with Crippen LogP contribution in [0.25, 0.3) is 0 Å². The first-order valence-electron chi connectivity index (χ1n) is 18.6. The second kappa shape index (κ2) is 18.4. The van der Waals surface area contributed by atoms with Crippen molar-refractivity contribution in [1.82, 2.24) is 0 Å². The molecule has 16 nitrogen and oxygen atoms in total. The highest BCUT2D eigenvalue weighted by atomic mass is 32.2. The van der Waals surface area contributed by atoms with Crippen LogP contribution in [0.1, 0.15) is 0 Å². The maximum absolute atomic E-state index is 13.2. The first-order chi connectivity index (χ1) is 30.5. The van der Waals surface area contributed by atoms with Crippen LogP contribution in [0.5, 0.6) is 11.5 Å². The van der Waals surface area contributed by atoms with Crippen molar-refractivity contribution in [2.75, 3.05) is 21.3 Å². The second-order valence-corrected chi connectivity index (χ2v) is 20.4. The molecule has 0 fully saturated rings. The molecule has 4 amide bonds. The third-order valence-electron chi connectivity index (χ3n) is 8.97. The van der Waals surface area contributed by atoms with E-state index in [2.05, 4.69) is 21.3 Å². The number of nitrogens with one attached hydrogen (secondary N) is 4. The molecule has 7 aromatic carbocycles. The Bertz CT molecular complexity index is 3050. The van der Waals surface area contributed by atoms with Crippen molar-refractivity contribution >= 4 is 74.7 Å². The molecule has 7 rings (SSSR count). The van der Waals surface area contributed by atoms with Crippen LogP contribution in [0, 0.1) is 0 Å². The number of urea groups is 2. The van der Waals surface area contributed by atoms with E-state index in [1.54, 1.807) is 36.4 Å². The summed E-state index contributed by atoms with van der Waals surface area (Å²) < 4.78 is 114. The molecular weight excluding hydrogens is 905 g/mol. The van der Waals surface area contributed by atoms with Gasteiger partial charge in [-0.05, 0) is 140 Å². The summed E-state index contributed by atoms with van der Waals surface area (Å²) in [6, 6.07) is 40.5. The van der Waals surface area contributed by atoms with E-state index in [1.807, 2.05) is 0 Å². The number of benzene rings is 7. The number of hydrogen-bond acceptors (Lipinski definition) is 12. The number of hydrogen-bond donors (Lipinski definition) is 4. The molecule has 0 atom stereocenters. The Labute approximate surface area is 368 Å². The van der Waals surface area contributed by atoms with Crippen molar-refractivity contribution in [3.8, 4) is 11.5 Å². The molecule has 7 aromatic rings. The van der Waals surface area contributed by atoms with E-state index in [0.29, 0.717) is 11.4 Å². The van der Waals surface area contributed by atoms with Crippen molar-refractivity contribution in [3.63, 3.8) is 0 Å². The first-order valence-corrected chi connectivity index (χ1v) is 24.4. The maximum atomic E-state index is 13.2. The van der Waals surface area contributed by atoms with Crippen LogP contribution in [0.4, 0.5) is 32.3 Å². The molecule has 0 aromatic heterocycles. The molecule has 64 heavy (non-hydrogen) atoms. The monoisotopic (exact) mass is 938 g/mol. The van der Waals surface area contributed by atoms with Gasteiger partial charge in [0.25, 0.3) is 0 Å². The fourth-order valence-corrected chi connectivity index (χ4v) is 10.4. The minimum Gasteiger partial charge on any atom is -0.379 e. The molecule has 0 saturated carbocycles. The number of carbonyl (C=O) groups excluding carboxylic acids is 2. The van der Waals surface area contributed by atoms with E-state index in [1.165, 1.54) is 127 Å². The third kappa shape index (κ3) is 10.7. The van der Waals surface area contributed by atoms with Crippen LogP contribution >= 0.6 is 0 Å². The predicted molar refractivity (Wildman–Crippen MR) is 237 cm³/mol. The molecule has 20 heteroatoms. The lowest BCUT2D eigenvalue weighted by Crippen LogP contribution is -2.19. The molecule has 0 spiro atoms. The van der Waals surface area contributed by atoms with Gasteiger partial charge in [-0.1, -0.05) is 42.5 Å². The quantitative estimate of drug-likeness (QED) is 0.0756. The highest BCUT2D eigenvalue weighted by molar-refractivity contribution is 7.92. The van der Waals surface area contributed by atoms with E-state index in [-0.39, 0.29) is 42.5 Å². The number of amides is 4. The van der Waals surface area contributed by atoms with Gasteiger partial charge in [-0.25, -0.2) is 26.4 Å². The van der Waals surface area contributed by atoms with Crippen LogP contribution in [-0.4, -0.2) is 45.7 Å². The zero-order valence-electron chi connectivity index (χ0n) is 32.9. The number of carbonyl (C=O) groups is 2. The van der Waals surface area contributed by atoms with Crippen molar-refractivity contribution in [3.05, 3.63) is 182 Å². The van der Waals surface area contributed by atoms with Crippen LogP contribution in [0.15, 0.2) is 211 Å². The van der Waals surface area contributed by atoms with E-state index < -0.39 is 61.8 Å². The summed E-state index contributed by atoms with van der Waals surface area (Å²) >= 11 is 0. The average Bonchev–Trinajstić information content (AvgIpc) is 3.28. The van der Waals surface area contributed by atoms with Gasteiger partial charge in [0.2, 0.25) is 19.7 Å². The number of rotatable bonds is 14. The summed E-state index contributed by atoms with van der Waals surface area (Å²) in [5.74, 6) is -0.305. The summed E-state index contributed by atoms with van der Waals surface area (Å²) in [4.78, 5) is 24.6. The highest BCUT2D eigenvalue weighted by Gasteiger charge is 2.24. The van der Waals surface area contributed by atoms with Gasteiger partial charge in [0.15, 0.2) is 0 Å².